The summed E-state index contributed by atoms with van der Waals surface area (Å²) in [6.07, 6.45) is 5.27. The number of rotatable bonds is 6. The fourth-order valence-electron chi connectivity index (χ4n) is 4.14. The van der Waals surface area contributed by atoms with Gasteiger partial charge in [0.2, 0.25) is 5.95 Å². The van der Waals surface area contributed by atoms with Crippen molar-refractivity contribution < 1.29 is 14.0 Å². The average molecular weight is 479 g/mol. The number of nitrogens with zero attached hydrogens (tertiary/aromatic N) is 4. The van der Waals surface area contributed by atoms with Crippen molar-refractivity contribution in [2.75, 3.05) is 24.5 Å². The smallest absolute Gasteiger partial charge is 0.290 e. The second-order valence-corrected chi connectivity index (χ2v) is 9.32. The van der Waals surface area contributed by atoms with Gasteiger partial charge in [-0.25, -0.2) is 19.3 Å². The van der Waals surface area contributed by atoms with Crippen molar-refractivity contribution >= 4 is 45.8 Å². The highest BCUT2D eigenvalue weighted by atomic mass is 32.2. The van der Waals surface area contributed by atoms with E-state index in [0.29, 0.717) is 34.5 Å². The molecule has 0 atom stereocenters. The molecule has 0 bridgehead atoms. The summed E-state index contributed by atoms with van der Waals surface area (Å²) < 4.78 is 14.0. The maximum atomic E-state index is 14.0. The zero-order valence-corrected chi connectivity index (χ0v) is 19.1. The Morgan fingerprint density at radius 3 is 2.79 bits per heavy atom. The number of pyridine rings is 1. The highest BCUT2D eigenvalue weighted by molar-refractivity contribution is 8.18. The number of para-hydroxylation sites is 1. The Morgan fingerprint density at radius 1 is 1.15 bits per heavy atom. The molecule has 2 saturated heterocycles. The summed E-state index contributed by atoms with van der Waals surface area (Å²) in [6.45, 7) is 3.12. The lowest BCUT2D eigenvalue weighted by Gasteiger charge is -2.32. The third-order valence-corrected chi connectivity index (χ3v) is 6.76. The van der Waals surface area contributed by atoms with Gasteiger partial charge < -0.3 is 10.2 Å². The molecule has 10 heteroatoms. The van der Waals surface area contributed by atoms with Crippen molar-refractivity contribution in [3.63, 3.8) is 0 Å². The Morgan fingerprint density at radius 2 is 2.00 bits per heavy atom. The van der Waals surface area contributed by atoms with Gasteiger partial charge in [-0.3, -0.25) is 14.9 Å². The van der Waals surface area contributed by atoms with Crippen molar-refractivity contribution in [2.24, 2.45) is 5.92 Å². The van der Waals surface area contributed by atoms with Crippen LogP contribution in [0.2, 0.25) is 0 Å². The number of hydrogen-bond donors (Lipinski definition) is 2. The minimum Gasteiger partial charge on any atom is -0.341 e. The fraction of sp³-hybridized carbons (Fsp3) is 0.292. The van der Waals surface area contributed by atoms with E-state index < -0.39 is 5.91 Å². The van der Waals surface area contributed by atoms with E-state index in [2.05, 4.69) is 30.5 Å². The largest absolute Gasteiger partial charge is 0.341 e. The van der Waals surface area contributed by atoms with Gasteiger partial charge in [-0.1, -0.05) is 18.2 Å². The molecule has 0 saturated carbocycles. The first-order chi connectivity index (χ1) is 16.5. The number of amides is 2. The molecule has 2 aliphatic rings. The number of carbonyl (C=O) groups excluding carboxylic acids is 2. The van der Waals surface area contributed by atoms with E-state index in [4.69, 9.17) is 0 Å². The van der Waals surface area contributed by atoms with Gasteiger partial charge in [-0.2, -0.15) is 0 Å². The number of halogens is 1. The molecule has 2 aliphatic heterocycles. The Balaban J connectivity index is 1.13. The lowest BCUT2D eigenvalue weighted by Crippen LogP contribution is -2.38. The Labute approximate surface area is 200 Å². The quantitative estimate of drug-likeness (QED) is 0.520. The molecule has 1 aromatic carbocycles. The average Bonchev–Trinajstić information content (AvgIpc) is 3.16. The summed E-state index contributed by atoms with van der Waals surface area (Å²) in [6, 6.07) is 10.5. The molecule has 2 amide bonds. The SMILES string of the molecule is O=C1NC(=O)/C(=C/c2ccnc(N3CCC(CNCc4ccc5cccc(F)c5n4)CC3)n2)S1. The van der Waals surface area contributed by atoms with Crippen LogP contribution in [-0.4, -0.2) is 45.7 Å². The second-order valence-electron chi connectivity index (χ2n) is 8.31. The molecular formula is C24H23FN6O2S. The van der Waals surface area contributed by atoms with Gasteiger partial charge in [0.1, 0.15) is 11.3 Å². The summed E-state index contributed by atoms with van der Waals surface area (Å²) in [4.78, 5) is 39.0. The monoisotopic (exact) mass is 478 g/mol. The summed E-state index contributed by atoms with van der Waals surface area (Å²) >= 11 is 0.875. The number of fused-ring (bicyclic) bond motifs is 1. The number of hydrogen-bond acceptors (Lipinski definition) is 8. The zero-order chi connectivity index (χ0) is 23.5. The van der Waals surface area contributed by atoms with E-state index in [9.17, 15) is 14.0 Å². The van der Waals surface area contributed by atoms with Crippen LogP contribution in [0.1, 0.15) is 24.2 Å². The molecule has 8 nitrogen and oxygen atoms in total. The van der Waals surface area contributed by atoms with E-state index in [0.717, 1.165) is 55.3 Å². The van der Waals surface area contributed by atoms with Gasteiger partial charge in [-0.05, 0) is 61.3 Å². The molecule has 5 rings (SSSR count). The Bertz CT molecular complexity index is 1280. The molecule has 0 radical (unpaired) electrons. The van der Waals surface area contributed by atoms with Crippen LogP contribution in [0.3, 0.4) is 0 Å². The number of imide groups is 1. The molecule has 3 aromatic rings. The van der Waals surface area contributed by atoms with Crippen molar-refractivity contribution in [1.82, 2.24) is 25.6 Å². The van der Waals surface area contributed by atoms with Gasteiger partial charge in [-0.15, -0.1) is 0 Å². The van der Waals surface area contributed by atoms with E-state index in [1.54, 1.807) is 24.4 Å². The van der Waals surface area contributed by atoms with Crippen LogP contribution < -0.4 is 15.5 Å². The van der Waals surface area contributed by atoms with Crippen LogP contribution in [0, 0.1) is 11.7 Å². The molecule has 2 aromatic heterocycles. The number of piperidine rings is 1. The summed E-state index contributed by atoms with van der Waals surface area (Å²) in [5.41, 5.74) is 1.83. The third-order valence-electron chi connectivity index (χ3n) is 5.95. The molecule has 2 fully saturated rings. The lowest BCUT2D eigenvalue weighted by atomic mass is 9.97. The van der Waals surface area contributed by atoms with Crippen LogP contribution in [0.5, 0.6) is 0 Å². The molecule has 0 aliphatic carbocycles. The van der Waals surface area contributed by atoms with Gasteiger partial charge in [0.25, 0.3) is 11.1 Å². The van der Waals surface area contributed by atoms with Gasteiger partial charge in [0, 0.05) is 31.2 Å². The molecule has 174 valence electrons. The number of thioether (sulfide) groups is 1. The fourth-order valence-corrected chi connectivity index (χ4v) is 4.81. The summed E-state index contributed by atoms with van der Waals surface area (Å²) in [5.74, 6) is 0.446. The molecule has 34 heavy (non-hydrogen) atoms. The zero-order valence-electron chi connectivity index (χ0n) is 18.3. The number of aromatic nitrogens is 3. The van der Waals surface area contributed by atoms with Crippen LogP contribution in [0.25, 0.3) is 17.0 Å². The maximum Gasteiger partial charge on any atom is 0.290 e. The number of nitrogens with one attached hydrogen (secondary N) is 2. The summed E-state index contributed by atoms with van der Waals surface area (Å²) in [7, 11) is 0. The number of carbonyl (C=O) groups is 2. The van der Waals surface area contributed by atoms with E-state index in [-0.39, 0.29) is 11.1 Å². The minimum atomic E-state index is -0.396. The van der Waals surface area contributed by atoms with Crippen LogP contribution in [-0.2, 0) is 11.3 Å². The first-order valence-corrected chi connectivity index (χ1v) is 11.9. The number of anilines is 1. The topological polar surface area (TPSA) is 100 Å². The predicted molar refractivity (Wildman–Crippen MR) is 129 cm³/mol. The third kappa shape index (κ3) is 5.07. The molecular weight excluding hydrogens is 455 g/mol. The van der Waals surface area contributed by atoms with Crippen molar-refractivity contribution in [3.8, 4) is 0 Å². The van der Waals surface area contributed by atoms with E-state index in [1.807, 2.05) is 18.2 Å². The standard InChI is InChI=1S/C24H23FN6O2S/c25-19-3-1-2-16-4-5-18(28-21(16)19)14-26-13-15-7-10-31(11-8-15)23-27-9-6-17(29-23)12-20-22(32)30-24(33)34-20/h1-6,9,12,15,26H,7-8,10-11,13-14H2,(H,30,32,33)/b20-12-. The minimum absolute atomic E-state index is 0.298. The predicted octanol–water partition coefficient (Wildman–Crippen LogP) is 3.49. The maximum absolute atomic E-state index is 14.0. The molecule has 2 N–H and O–H groups in total. The van der Waals surface area contributed by atoms with E-state index >= 15 is 0 Å². The van der Waals surface area contributed by atoms with Crippen molar-refractivity contribution in [2.45, 2.75) is 19.4 Å². The lowest BCUT2D eigenvalue weighted by molar-refractivity contribution is -0.115. The highest BCUT2D eigenvalue weighted by Gasteiger charge is 2.25. The number of benzene rings is 1. The van der Waals surface area contributed by atoms with Crippen molar-refractivity contribution in [3.05, 3.63) is 64.7 Å². The van der Waals surface area contributed by atoms with E-state index in [1.165, 1.54) is 6.07 Å². The molecule has 0 spiro atoms. The van der Waals surface area contributed by atoms with Crippen LogP contribution in [0.15, 0.2) is 47.5 Å². The molecule has 4 heterocycles. The highest BCUT2D eigenvalue weighted by Crippen LogP contribution is 2.26. The Kier molecular flexibility index (Phi) is 6.50. The van der Waals surface area contributed by atoms with Crippen LogP contribution >= 0.6 is 11.8 Å². The second kappa shape index (κ2) is 9.86. The van der Waals surface area contributed by atoms with Gasteiger partial charge >= 0.3 is 0 Å². The van der Waals surface area contributed by atoms with Gasteiger partial charge in [0.05, 0.1) is 16.3 Å². The van der Waals surface area contributed by atoms with Crippen molar-refractivity contribution in [1.29, 1.82) is 0 Å². The Hall–Kier alpha value is -3.37. The first kappa shape index (κ1) is 22.4. The molecule has 0 unspecified atom stereocenters. The summed E-state index contributed by atoms with van der Waals surface area (Å²) in [5, 5.41) is 6.13. The normalized spacial score (nSPS) is 18.1. The van der Waals surface area contributed by atoms with Crippen LogP contribution in [0.4, 0.5) is 15.1 Å². The first-order valence-electron chi connectivity index (χ1n) is 11.1. The van der Waals surface area contributed by atoms with Gasteiger partial charge in [0.15, 0.2) is 0 Å².